The largest absolute Gasteiger partial charge is 0.492 e. The summed E-state index contributed by atoms with van der Waals surface area (Å²) < 4.78 is 25.2. The lowest BCUT2D eigenvalue weighted by atomic mass is 9.90. The van der Waals surface area contributed by atoms with Gasteiger partial charge in [0, 0.05) is 34.6 Å². The van der Waals surface area contributed by atoms with Crippen LogP contribution < -0.4 is 20.1 Å². The quantitative estimate of drug-likeness (QED) is 0.151. The number of rotatable bonds is 12. The molecular weight excluding hydrogens is 595 g/mol. The zero-order chi connectivity index (χ0) is 29.5. The average molecular weight is 627 g/mol. The molecule has 1 aliphatic rings. The van der Waals surface area contributed by atoms with Gasteiger partial charge in [-0.25, -0.2) is 14.4 Å². The number of ether oxygens (including phenoxy) is 2. The number of anilines is 3. The molecule has 1 unspecified atom stereocenters. The Kier molecular flexibility index (Phi) is 10.3. The molecule has 2 N–H and O–H groups in total. The van der Waals surface area contributed by atoms with Crippen LogP contribution in [-0.4, -0.2) is 34.0 Å². The van der Waals surface area contributed by atoms with E-state index in [0.717, 1.165) is 29.7 Å². The lowest BCUT2D eigenvalue weighted by molar-refractivity contribution is -0.121. The molecule has 220 valence electrons. The predicted molar refractivity (Wildman–Crippen MR) is 172 cm³/mol. The summed E-state index contributed by atoms with van der Waals surface area (Å²) in [7, 11) is 3.67. The van der Waals surface area contributed by atoms with Crippen molar-refractivity contribution < 1.29 is 18.7 Å². The summed E-state index contributed by atoms with van der Waals surface area (Å²) in [5, 5.41) is 7.59. The molecule has 0 spiro atoms. The fourth-order valence-electron chi connectivity index (χ4n) is 4.85. The van der Waals surface area contributed by atoms with Crippen molar-refractivity contribution in [3.05, 3.63) is 77.3 Å². The molecule has 11 heteroatoms. The van der Waals surface area contributed by atoms with Crippen LogP contribution in [0.25, 0.3) is 10.9 Å². The molecule has 0 saturated carbocycles. The maximum atomic E-state index is 13.5. The lowest BCUT2D eigenvalue weighted by Crippen LogP contribution is -2.30. The highest BCUT2D eigenvalue weighted by molar-refractivity contribution is 8.77. The number of aromatic nitrogens is 2. The van der Waals surface area contributed by atoms with Crippen LogP contribution in [0.4, 0.5) is 21.6 Å². The maximum Gasteiger partial charge on any atom is 0.227 e. The molecule has 1 aliphatic heterocycles. The second kappa shape index (κ2) is 14.3. The number of halogens is 2. The number of carbonyl (C=O) groups excluding carboxylic acids is 1. The van der Waals surface area contributed by atoms with Crippen molar-refractivity contribution in [3.8, 4) is 11.5 Å². The fraction of sp³-hybridized carbons (Fsp3) is 0.323. The third-order valence-corrected chi connectivity index (χ3v) is 9.83. The number of amides is 1. The number of hydrogen-bond acceptors (Lipinski definition) is 8. The SMILES string of the molecule is CCCC(C(=O)Nc1cc2c(Nc3ccc(OCc4cccc(F)c4)c(Cl)c3)ncnc2cc1OCC)C1CSSC1. The van der Waals surface area contributed by atoms with Crippen molar-refractivity contribution >= 4 is 67.2 Å². The zero-order valence-electron chi connectivity index (χ0n) is 23.4. The van der Waals surface area contributed by atoms with Crippen LogP contribution in [0.3, 0.4) is 0 Å². The molecule has 1 atom stereocenters. The van der Waals surface area contributed by atoms with E-state index in [0.29, 0.717) is 57.3 Å². The third kappa shape index (κ3) is 7.40. The van der Waals surface area contributed by atoms with Gasteiger partial charge in [0.15, 0.2) is 0 Å². The van der Waals surface area contributed by atoms with Crippen LogP contribution >= 0.6 is 33.2 Å². The number of hydrogen-bond donors (Lipinski definition) is 2. The predicted octanol–water partition coefficient (Wildman–Crippen LogP) is 8.51. The summed E-state index contributed by atoms with van der Waals surface area (Å²) in [5.41, 5.74) is 2.66. The summed E-state index contributed by atoms with van der Waals surface area (Å²) in [5.74, 6) is 3.55. The van der Waals surface area contributed by atoms with Gasteiger partial charge in [-0.15, -0.1) is 0 Å². The molecule has 4 aromatic rings. The van der Waals surface area contributed by atoms with Gasteiger partial charge in [-0.3, -0.25) is 4.79 Å². The van der Waals surface area contributed by atoms with E-state index in [2.05, 4.69) is 27.5 Å². The first-order valence-corrected chi connectivity index (χ1v) is 16.7. The van der Waals surface area contributed by atoms with Gasteiger partial charge in [0.05, 0.1) is 22.8 Å². The van der Waals surface area contributed by atoms with E-state index >= 15 is 0 Å². The molecule has 42 heavy (non-hydrogen) atoms. The Morgan fingerprint density at radius 1 is 1.07 bits per heavy atom. The number of carbonyl (C=O) groups is 1. The van der Waals surface area contributed by atoms with Gasteiger partial charge in [-0.05, 0) is 61.2 Å². The van der Waals surface area contributed by atoms with Gasteiger partial charge in [0.1, 0.15) is 36.1 Å². The van der Waals surface area contributed by atoms with E-state index < -0.39 is 0 Å². The van der Waals surface area contributed by atoms with E-state index in [1.807, 2.05) is 46.7 Å². The number of nitrogens with one attached hydrogen (secondary N) is 2. The third-order valence-electron chi connectivity index (χ3n) is 6.93. The van der Waals surface area contributed by atoms with Crippen molar-refractivity contribution in [2.24, 2.45) is 11.8 Å². The van der Waals surface area contributed by atoms with E-state index in [1.165, 1.54) is 18.5 Å². The first-order chi connectivity index (χ1) is 20.4. The Balaban J connectivity index is 1.38. The number of benzene rings is 3. The Bertz CT molecular complexity index is 1550. The summed E-state index contributed by atoms with van der Waals surface area (Å²) in [6.45, 7) is 4.66. The minimum absolute atomic E-state index is 0.0113. The monoisotopic (exact) mass is 626 g/mol. The molecule has 1 amide bonds. The molecule has 3 aromatic carbocycles. The molecule has 0 radical (unpaired) electrons. The van der Waals surface area contributed by atoms with Crippen LogP contribution in [0.2, 0.25) is 5.02 Å². The molecule has 2 heterocycles. The summed E-state index contributed by atoms with van der Waals surface area (Å²) in [6, 6.07) is 15.2. The fourth-order valence-corrected chi connectivity index (χ4v) is 8.10. The van der Waals surface area contributed by atoms with E-state index in [-0.39, 0.29) is 24.2 Å². The van der Waals surface area contributed by atoms with Crippen LogP contribution in [0.5, 0.6) is 11.5 Å². The van der Waals surface area contributed by atoms with Crippen molar-refractivity contribution in [1.82, 2.24) is 9.97 Å². The van der Waals surface area contributed by atoms with Gasteiger partial charge >= 0.3 is 0 Å². The van der Waals surface area contributed by atoms with Crippen LogP contribution in [0.1, 0.15) is 32.3 Å². The maximum absolute atomic E-state index is 13.5. The minimum Gasteiger partial charge on any atom is -0.492 e. The molecular formula is C31H32ClFN4O3S2. The van der Waals surface area contributed by atoms with Crippen molar-refractivity contribution in [3.63, 3.8) is 0 Å². The Morgan fingerprint density at radius 2 is 1.90 bits per heavy atom. The molecule has 1 saturated heterocycles. The lowest BCUT2D eigenvalue weighted by Gasteiger charge is -2.22. The highest BCUT2D eigenvalue weighted by Gasteiger charge is 2.31. The van der Waals surface area contributed by atoms with Crippen LogP contribution in [-0.2, 0) is 11.4 Å². The topological polar surface area (TPSA) is 85.4 Å². The molecule has 7 nitrogen and oxygen atoms in total. The summed E-state index contributed by atoms with van der Waals surface area (Å²) in [4.78, 5) is 22.4. The number of nitrogens with zero attached hydrogens (tertiary/aromatic N) is 2. The van der Waals surface area contributed by atoms with Gasteiger partial charge in [0.25, 0.3) is 0 Å². The molecule has 5 rings (SSSR count). The van der Waals surface area contributed by atoms with Crippen molar-refractivity contribution in [2.75, 3.05) is 28.7 Å². The highest BCUT2D eigenvalue weighted by atomic mass is 35.5. The van der Waals surface area contributed by atoms with Crippen molar-refractivity contribution in [2.45, 2.75) is 33.3 Å². The van der Waals surface area contributed by atoms with Crippen molar-refractivity contribution in [1.29, 1.82) is 0 Å². The second-order valence-corrected chi connectivity index (χ2v) is 12.9. The smallest absolute Gasteiger partial charge is 0.227 e. The first kappa shape index (κ1) is 30.3. The summed E-state index contributed by atoms with van der Waals surface area (Å²) >= 11 is 6.52. The second-order valence-electron chi connectivity index (χ2n) is 9.92. The van der Waals surface area contributed by atoms with Crippen LogP contribution in [0, 0.1) is 17.7 Å². The zero-order valence-corrected chi connectivity index (χ0v) is 25.8. The van der Waals surface area contributed by atoms with Gasteiger partial charge in [-0.2, -0.15) is 0 Å². The summed E-state index contributed by atoms with van der Waals surface area (Å²) in [6.07, 6.45) is 3.26. The van der Waals surface area contributed by atoms with Gasteiger partial charge in [0.2, 0.25) is 5.91 Å². The van der Waals surface area contributed by atoms with E-state index in [4.69, 9.17) is 21.1 Å². The normalized spacial score (nSPS) is 14.1. The minimum atomic E-state index is -0.317. The molecule has 1 fully saturated rings. The van der Waals surface area contributed by atoms with E-state index in [1.54, 1.807) is 24.3 Å². The standard InChI is InChI=1S/C31H32ClFN4O3S2/c1-3-6-23(20-16-41-42-17-20)31(38)37-27-13-24-26(14-29(27)39-4-2)34-18-35-30(24)36-22-9-10-28(25(32)12-22)40-15-19-7-5-8-21(33)11-19/h5,7-14,18,20,23H,3-4,6,15-17H2,1-2H3,(H,37,38)(H,34,35,36). The Hall–Kier alpha value is -3.21. The first-order valence-electron chi connectivity index (χ1n) is 13.9. The van der Waals surface area contributed by atoms with Crippen LogP contribution in [0.15, 0.2) is 60.9 Å². The van der Waals surface area contributed by atoms with Gasteiger partial charge < -0.3 is 20.1 Å². The Morgan fingerprint density at radius 3 is 2.64 bits per heavy atom. The molecule has 0 aliphatic carbocycles. The molecule has 0 bridgehead atoms. The highest BCUT2D eigenvalue weighted by Crippen LogP contribution is 2.41. The van der Waals surface area contributed by atoms with E-state index in [9.17, 15) is 9.18 Å². The number of fused-ring (bicyclic) bond motifs is 1. The Labute approximate surface area is 257 Å². The molecule has 1 aromatic heterocycles. The average Bonchev–Trinajstić information content (AvgIpc) is 3.51. The van der Waals surface area contributed by atoms with Gasteiger partial charge in [-0.1, -0.05) is 58.7 Å².